The number of halogens is 1. The van der Waals surface area contributed by atoms with Gasteiger partial charge >= 0.3 is 0 Å². The molecule has 0 aliphatic heterocycles. The van der Waals surface area contributed by atoms with E-state index < -0.39 is 15.1 Å². The van der Waals surface area contributed by atoms with E-state index in [4.69, 9.17) is 10.3 Å². The maximum atomic E-state index is 11.4. The van der Waals surface area contributed by atoms with Crippen LogP contribution in [0.4, 0.5) is 5.69 Å². The highest BCUT2D eigenvalue weighted by molar-refractivity contribution is 9.10. The highest BCUT2D eigenvalue weighted by Crippen LogP contribution is 2.29. The molecule has 1 unspecified atom stereocenters. The minimum Gasteiger partial charge on any atom is -0.398 e. The van der Waals surface area contributed by atoms with E-state index in [1.54, 1.807) is 18.2 Å². The Kier molecular flexibility index (Phi) is 3.64. The Morgan fingerprint density at radius 1 is 1.42 bits per heavy atom. The molecule has 0 saturated heterocycles. The van der Waals surface area contributed by atoms with Gasteiger partial charge in [-0.1, -0.05) is 21.1 Å². The molecule has 1 aromatic heterocycles. The number of anilines is 1. The van der Waals surface area contributed by atoms with Gasteiger partial charge in [0.1, 0.15) is 5.25 Å². The number of sulfone groups is 1. The quantitative estimate of drug-likeness (QED) is 0.856. The van der Waals surface area contributed by atoms with Gasteiger partial charge in [-0.3, -0.25) is 0 Å². The smallest absolute Gasteiger partial charge is 0.260 e. The van der Waals surface area contributed by atoms with Crippen molar-refractivity contribution in [3.8, 4) is 11.5 Å². The molecule has 0 fully saturated rings. The number of nitrogens with two attached hydrogens (primary N) is 1. The van der Waals surface area contributed by atoms with Gasteiger partial charge in [0, 0.05) is 16.4 Å². The second-order valence-corrected chi connectivity index (χ2v) is 7.44. The number of nitrogens with zero attached hydrogens (tertiary/aromatic N) is 2. The minimum absolute atomic E-state index is 0.125. The molecule has 1 aromatic carbocycles. The monoisotopic (exact) mass is 345 g/mol. The van der Waals surface area contributed by atoms with Crippen molar-refractivity contribution >= 4 is 31.5 Å². The molecule has 0 saturated carbocycles. The molecule has 102 valence electrons. The standard InChI is InChI=1S/C11H12BrN3O3S/c1-6(19(2,16)17)10-14-11(18-15-10)8-4-3-7(12)5-9(8)13/h3-6H,13H2,1-2H3. The molecule has 6 nitrogen and oxygen atoms in total. The van der Waals surface area contributed by atoms with Crippen molar-refractivity contribution in [2.45, 2.75) is 12.2 Å². The topological polar surface area (TPSA) is 99.1 Å². The van der Waals surface area contributed by atoms with Crippen molar-refractivity contribution in [2.24, 2.45) is 0 Å². The van der Waals surface area contributed by atoms with Crippen molar-refractivity contribution < 1.29 is 12.9 Å². The summed E-state index contributed by atoms with van der Waals surface area (Å²) in [5.41, 5.74) is 6.89. The predicted molar refractivity (Wildman–Crippen MR) is 75.1 cm³/mol. The summed E-state index contributed by atoms with van der Waals surface area (Å²) in [6.07, 6.45) is 1.13. The van der Waals surface area contributed by atoms with Crippen LogP contribution < -0.4 is 5.73 Å². The Bertz CT molecular complexity index is 712. The molecule has 0 amide bonds. The molecule has 0 aliphatic rings. The third-order valence-electron chi connectivity index (χ3n) is 2.69. The van der Waals surface area contributed by atoms with Crippen molar-refractivity contribution in [2.75, 3.05) is 12.0 Å². The maximum absolute atomic E-state index is 11.4. The summed E-state index contributed by atoms with van der Waals surface area (Å²) in [5.74, 6) is 0.329. The van der Waals surface area contributed by atoms with Crippen LogP contribution in [0.5, 0.6) is 0 Å². The van der Waals surface area contributed by atoms with Crippen molar-refractivity contribution in [1.82, 2.24) is 10.1 Å². The van der Waals surface area contributed by atoms with Gasteiger partial charge in [0.15, 0.2) is 15.7 Å². The summed E-state index contributed by atoms with van der Waals surface area (Å²) in [7, 11) is -3.27. The van der Waals surface area contributed by atoms with Crippen molar-refractivity contribution in [3.05, 3.63) is 28.5 Å². The first-order valence-corrected chi connectivity index (χ1v) is 8.11. The molecule has 2 N–H and O–H groups in total. The first-order chi connectivity index (χ1) is 8.79. The van der Waals surface area contributed by atoms with E-state index in [0.717, 1.165) is 10.7 Å². The fourth-order valence-electron chi connectivity index (χ4n) is 1.43. The lowest BCUT2D eigenvalue weighted by Crippen LogP contribution is -2.09. The lowest BCUT2D eigenvalue weighted by molar-refractivity contribution is 0.422. The summed E-state index contributed by atoms with van der Waals surface area (Å²) in [5, 5.41) is 2.87. The number of rotatable bonds is 3. The molecular formula is C11H12BrN3O3S. The first kappa shape index (κ1) is 14.0. The van der Waals surface area contributed by atoms with Crippen LogP contribution in [-0.4, -0.2) is 24.8 Å². The molecule has 1 atom stereocenters. The van der Waals surface area contributed by atoms with E-state index in [2.05, 4.69) is 26.1 Å². The number of hydrogen-bond donors (Lipinski definition) is 1. The van der Waals surface area contributed by atoms with Crippen LogP contribution >= 0.6 is 15.9 Å². The van der Waals surface area contributed by atoms with Crippen LogP contribution in [0.25, 0.3) is 11.5 Å². The van der Waals surface area contributed by atoms with E-state index in [1.165, 1.54) is 6.92 Å². The van der Waals surface area contributed by atoms with E-state index in [9.17, 15) is 8.42 Å². The third kappa shape index (κ3) is 2.95. The van der Waals surface area contributed by atoms with Crippen LogP contribution in [0.1, 0.15) is 18.0 Å². The fraction of sp³-hybridized carbons (Fsp3) is 0.273. The molecule has 0 radical (unpaired) electrons. The Labute approximate surface area is 119 Å². The van der Waals surface area contributed by atoms with Crippen LogP contribution in [0.15, 0.2) is 27.2 Å². The van der Waals surface area contributed by atoms with Gasteiger partial charge in [0.2, 0.25) is 0 Å². The predicted octanol–water partition coefficient (Wildman–Crippen LogP) is 2.19. The van der Waals surface area contributed by atoms with Crippen LogP contribution in [0.3, 0.4) is 0 Å². The number of aromatic nitrogens is 2. The average molecular weight is 346 g/mol. The van der Waals surface area contributed by atoms with Crippen LogP contribution in [0.2, 0.25) is 0 Å². The van der Waals surface area contributed by atoms with Gasteiger partial charge in [-0.2, -0.15) is 4.98 Å². The molecule has 2 rings (SSSR count). The summed E-state index contributed by atoms with van der Waals surface area (Å²) < 4.78 is 28.8. The second kappa shape index (κ2) is 4.93. The first-order valence-electron chi connectivity index (χ1n) is 5.37. The van der Waals surface area contributed by atoms with Gasteiger partial charge in [0.05, 0.1) is 5.56 Å². The zero-order valence-electron chi connectivity index (χ0n) is 10.3. The largest absolute Gasteiger partial charge is 0.398 e. The molecule has 8 heteroatoms. The zero-order chi connectivity index (χ0) is 14.2. The highest BCUT2D eigenvalue weighted by Gasteiger charge is 2.23. The average Bonchev–Trinajstić information content (AvgIpc) is 2.75. The van der Waals surface area contributed by atoms with Crippen LogP contribution in [-0.2, 0) is 9.84 Å². The van der Waals surface area contributed by atoms with E-state index in [1.807, 2.05) is 0 Å². The Hall–Kier alpha value is -1.41. The van der Waals surface area contributed by atoms with Gasteiger partial charge in [0.25, 0.3) is 5.89 Å². The summed E-state index contributed by atoms with van der Waals surface area (Å²) in [6.45, 7) is 1.51. The van der Waals surface area contributed by atoms with Gasteiger partial charge in [-0.05, 0) is 25.1 Å². The molecule has 0 spiro atoms. The lowest BCUT2D eigenvalue weighted by Gasteiger charge is -2.02. The fourth-order valence-corrected chi connectivity index (χ4v) is 2.29. The Morgan fingerprint density at radius 2 is 2.11 bits per heavy atom. The van der Waals surface area contributed by atoms with Crippen molar-refractivity contribution in [1.29, 1.82) is 0 Å². The Balaban J connectivity index is 2.41. The lowest BCUT2D eigenvalue weighted by atomic mass is 10.2. The zero-order valence-corrected chi connectivity index (χ0v) is 12.7. The minimum atomic E-state index is -3.27. The number of benzene rings is 1. The van der Waals surface area contributed by atoms with E-state index >= 15 is 0 Å². The highest BCUT2D eigenvalue weighted by atomic mass is 79.9. The molecule has 19 heavy (non-hydrogen) atoms. The normalized spacial score (nSPS) is 13.4. The van der Waals surface area contributed by atoms with Gasteiger partial charge in [-0.25, -0.2) is 8.42 Å². The number of hydrogen-bond acceptors (Lipinski definition) is 6. The van der Waals surface area contributed by atoms with Crippen LogP contribution in [0, 0.1) is 0 Å². The SMILES string of the molecule is CC(c1noc(-c2ccc(Br)cc2N)n1)S(C)(=O)=O. The molecular weight excluding hydrogens is 334 g/mol. The van der Waals surface area contributed by atoms with E-state index in [-0.39, 0.29) is 11.7 Å². The second-order valence-electron chi connectivity index (χ2n) is 4.16. The molecule has 1 heterocycles. The van der Waals surface area contributed by atoms with Gasteiger partial charge < -0.3 is 10.3 Å². The summed E-state index contributed by atoms with van der Waals surface area (Å²) in [6, 6.07) is 5.22. The van der Waals surface area contributed by atoms with Crippen molar-refractivity contribution in [3.63, 3.8) is 0 Å². The number of nitrogen functional groups attached to an aromatic ring is 1. The Morgan fingerprint density at radius 3 is 2.68 bits per heavy atom. The van der Waals surface area contributed by atoms with Gasteiger partial charge in [-0.15, -0.1) is 0 Å². The molecule has 0 bridgehead atoms. The van der Waals surface area contributed by atoms with E-state index in [0.29, 0.717) is 11.3 Å². The summed E-state index contributed by atoms with van der Waals surface area (Å²) in [4.78, 5) is 4.09. The molecule has 2 aromatic rings. The maximum Gasteiger partial charge on any atom is 0.260 e. The molecule has 0 aliphatic carbocycles. The third-order valence-corrected chi connectivity index (χ3v) is 4.68. The summed E-state index contributed by atoms with van der Waals surface area (Å²) >= 11 is 3.30.